The summed E-state index contributed by atoms with van der Waals surface area (Å²) < 4.78 is 1.75. The molecular formula is C12H20N4O2. The molecule has 0 bridgehead atoms. The molecule has 100 valence electrons. The van der Waals surface area contributed by atoms with E-state index in [4.69, 9.17) is 0 Å². The van der Waals surface area contributed by atoms with Gasteiger partial charge in [0.1, 0.15) is 0 Å². The number of carbonyl (C=O) groups is 1. The minimum absolute atomic E-state index is 0.0831. The number of nitrogens with one attached hydrogen (secondary N) is 1. The lowest BCUT2D eigenvalue weighted by molar-refractivity contribution is -0.126. The Morgan fingerprint density at radius 3 is 2.83 bits per heavy atom. The molecule has 1 aromatic rings. The van der Waals surface area contributed by atoms with Crippen molar-refractivity contribution in [3.63, 3.8) is 0 Å². The van der Waals surface area contributed by atoms with E-state index in [9.17, 15) is 9.90 Å². The molecule has 18 heavy (non-hydrogen) atoms. The van der Waals surface area contributed by atoms with Gasteiger partial charge in [-0.15, -0.1) is 5.10 Å². The predicted molar refractivity (Wildman–Crippen MR) is 65.6 cm³/mol. The van der Waals surface area contributed by atoms with E-state index in [1.807, 2.05) is 6.20 Å². The van der Waals surface area contributed by atoms with Gasteiger partial charge in [-0.05, 0) is 32.1 Å². The number of aliphatic hydroxyl groups excluding tert-OH is 1. The fourth-order valence-corrected chi connectivity index (χ4v) is 2.29. The van der Waals surface area contributed by atoms with E-state index in [2.05, 4.69) is 15.6 Å². The van der Waals surface area contributed by atoms with Crippen LogP contribution in [-0.4, -0.2) is 38.7 Å². The number of nitrogens with zero attached hydrogens (tertiary/aromatic N) is 3. The van der Waals surface area contributed by atoms with Crippen molar-refractivity contribution in [1.29, 1.82) is 0 Å². The summed E-state index contributed by atoms with van der Waals surface area (Å²) in [4.78, 5) is 11.8. The number of amides is 1. The van der Waals surface area contributed by atoms with Crippen LogP contribution < -0.4 is 5.32 Å². The molecule has 1 fully saturated rings. The molecule has 2 N–H and O–H groups in total. The van der Waals surface area contributed by atoms with Gasteiger partial charge in [0.15, 0.2) is 0 Å². The Morgan fingerprint density at radius 1 is 1.39 bits per heavy atom. The molecule has 1 heterocycles. The van der Waals surface area contributed by atoms with Gasteiger partial charge in [-0.3, -0.25) is 9.48 Å². The van der Waals surface area contributed by atoms with Gasteiger partial charge in [0.05, 0.1) is 12.3 Å². The summed E-state index contributed by atoms with van der Waals surface area (Å²) in [6.07, 6.45) is 7.20. The van der Waals surface area contributed by atoms with Gasteiger partial charge in [0.25, 0.3) is 0 Å². The summed E-state index contributed by atoms with van der Waals surface area (Å²) >= 11 is 0. The molecule has 0 atom stereocenters. The molecule has 1 aliphatic carbocycles. The Hall–Kier alpha value is -1.43. The Kier molecular flexibility index (Phi) is 4.69. The first-order valence-electron chi connectivity index (χ1n) is 6.55. The molecule has 0 saturated heterocycles. The molecule has 2 rings (SSSR count). The van der Waals surface area contributed by atoms with E-state index in [0.717, 1.165) is 38.6 Å². The van der Waals surface area contributed by atoms with Crippen LogP contribution >= 0.6 is 0 Å². The SMILES string of the molecule is O=C(NCCCn1ccnn1)C1CCC(O)CC1. The number of carbonyl (C=O) groups excluding carboxylic acids is 1. The van der Waals surface area contributed by atoms with Crippen LogP contribution in [0.3, 0.4) is 0 Å². The molecule has 1 saturated carbocycles. The summed E-state index contributed by atoms with van der Waals surface area (Å²) in [6.45, 7) is 1.43. The molecule has 0 spiro atoms. The second-order valence-corrected chi connectivity index (χ2v) is 4.82. The van der Waals surface area contributed by atoms with Crippen molar-refractivity contribution < 1.29 is 9.90 Å². The average molecular weight is 252 g/mol. The predicted octanol–water partition coefficient (Wildman–Crippen LogP) is 0.335. The van der Waals surface area contributed by atoms with Crippen LogP contribution in [0.5, 0.6) is 0 Å². The summed E-state index contributed by atoms with van der Waals surface area (Å²) in [5.74, 6) is 0.209. The van der Waals surface area contributed by atoms with Gasteiger partial charge in [-0.25, -0.2) is 0 Å². The highest BCUT2D eigenvalue weighted by molar-refractivity contribution is 5.78. The molecular weight excluding hydrogens is 232 g/mol. The van der Waals surface area contributed by atoms with Crippen molar-refractivity contribution in [2.75, 3.05) is 6.54 Å². The fourth-order valence-electron chi connectivity index (χ4n) is 2.29. The first kappa shape index (κ1) is 13.0. The first-order valence-corrected chi connectivity index (χ1v) is 6.55. The van der Waals surface area contributed by atoms with E-state index < -0.39 is 0 Å². The van der Waals surface area contributed by atoms with Crippen LogP contribution in [0.15, 0.2) is 12.4 Å². The first-order chi connectivity index (χ1) is 8.75. The number of aromatic nitrogens is 3. The van der Waals surface area contributed by atoms with E-state index >= 15 is 0 Å². The number of aliphatic hydroxyl groups is 1. The highest BCUT2D eigenvalue weighted by atomic mass is 16.3. The molecule has 0 aliphatic heterocycles. The second-order valence-electron chi connectivity index (χ2n) is 4.82. The van der Waals surface area contributed by atoms with Crippen LogP contribution in [0.2, 0.25) is 0 Å². The largest absolute Gasteiger partial charge is 0.393 e. The zero-order valence-electron chi connectivity index (χ0n) is 10.5. The lowest BCUT2D eigenvalue weighted by Gasteiger charge is -2.24. The molecule has 1 aromatic heterocycles. The minimum Gasteiger partial charge on any atom is -0.393 e. The van der Waals surface area contributed by atoms with Crippen molar-refractivity contribution in [2.24, 2.45) is 5.92 Å². The lowest BCUT2D eigenvalue weighted by Crippen LogP contribution is -2.34. The number of rotatable bonds is 5. The third-order valence-electron chi connectivity index (χ3n) is 3.40. The van der Waals surface area contributed by atoms with Gasteiger partial charge in [-0.2, -0.15) is 0 Å². The lowest BCUT2D eigenvalue weighted by atomic mass is 9.87. The van der Waals surface area contributed by atoms with Gasteiger partial charge >= 0.3 is 0 Å². The molecule has 1 amide bonds. The fraction of sp³-hybridized carbons (Fsp3) is 0.750. The second kappa shape index (κ2) is 6.49. The highest BCUT2D eigenvalue weighted by Gasteiger charge is 2.24. The summed E-state index contributed by atoms with van der Waals surface area (Å²) in [7, 11) is 0. The van der Waals surface area contributed by atoms with E-state index in [0.29, 0.717) is 6.54 Å². The van der Waals surface area contributed by atoms with E-state index in [1.165, 1.54) is 0 Å². The maximum absolute atomic E-state index is 11.8. The summed E-state index contributed by atoms with van der Waals surface area (Å²) in [5.41, 5.74) is 0. The van der Waals surface area contributed by atoms with Gasteiger partial charge < -0.3 is 10.4 Å². The normalized spacial score (nSPS) is 23.8. The summed E-state index contributed by atoms with van der Waals surface area (Å²) in [6, 6.07) is 0. The van der Waals surface area contributed by atoms with E-state index in [-0.39, 0.29) is 17.9 Å². The number of hydrogen-bond donors (Lipinski definition) is 2. The maximum Gasteiger partial charge on any atom is 0.223 e. The van der Waals surface area contributed by atoms with Crippen LogP contribution in [0, 0.1) is 5.92 Å². The van der Waals surface area contributed by atoms with Gasteiger partial charge in [-0.1, -0.05) is 5.21 Å². The Morgan fingerprint density at radius 2 is 2.17 bits per heavy atom. The Labute approximate surface area is 106 Å². The topological polar surface area (TPSA) is 80.0 Å². The van der Waals surface area contributed by atoms with Crippen LogP contribution in [0.4, 0.5) is 0 Å². The van der Waals surface area contributed by atoms with Crippen molar-refractivity contribution in [3.05, 3.63) is 12.4 Å². The molecule has 0 unspecified atom stereocenters. The minimum atomic E-state index is -0.207. The van der Waals surface area contributed by atoms with Crippen molar-refractivity contribution >= 4 is 5.91 Å². The highest BCUT2D eigenvalue weighted by Crippen LogP contribution is 2.24. The third kappa shape index (κ3) is 3.80. The Balaban J connectivity index is 1.60. The van der Waals surface area contributed by atoms with Gasteiger partial charge in [0.2, 0.25) is 5.91 Å². The number of hydrogen-bond acceptors (Lipinski definition) is 4. The molecule has 1 aliphatic rings. The van der Waals surface area contributed by atoms with E-state index in [1.54, 1.807) is 10.9 Å². The van der Waals surface area contributed by atoms with Crippen LogP contribution in [0.1, 0.15) is 32.1 Å². The van der Waals surface area contributed by atoms with Crippen molar-refractivity contribution in [3.8, 4) is 0 Å². The van der Waals surface area contributed by atoms with Crippen LogP contribution in [0.25, 0.3) is 0 Å². The third-order valence-corrected chi connectivity index (χ3v) is 3.40. The molecule has 0 aromatic carbocycles. The molecule has 0 radical (unpaired) electrons. The summed E-state index contributed by atoms with van der Waals surface area (Å²) in [5, 5.41) is 19.9. The van der Waals surface area contributed by atoms with Gasteiger partial charge in [0, 0.05) is 25.2 Å². The zero-order valence-corrected chi connectivity index (χ0v) is 10.5. The van der Waals surface area contributed by atoms with Crippen molar-refractivity contribution in [2.45, 2.75) is 44.8 Å². The monoisotopic (exact) mass is 252 g/mol. The van der Waals surface area contributed by atoms with Crippen LogP contribution in [-0.2, 0) is 11.3 Å². The molecule has 6 nitrogen and oxygen atoms in total. The number of aryl methyl sites for hydroxylation is 1. The Bertz CT molecular complexity index is 358. The zero-order chi connectivity index (χ0) is 12.8. The average Bonchev–Trinajstić information content (AvgIpc) is 2.88. The smallest absolute Gasteiger partial charge is 0.223 e. The van der Waals surface area contributed by atoms with Crippen molar-refractivity contribution in [1.82, 2.24) is 20.3 Å². The quantitative estimate of drug-likeness (QED) is 0.740. The standard InChI is InChI=1S/C12H20N4O2/c17-11-4-2-10(3-5-11)12(18)13-6-1-8-16-9-7-14-15-16/h7,9-11,17H,1-6,8H2,(H,13,18). The molecule has 6 heteroatoms. The maximum atomic E-state index is 11.8.